The highest BCUT2D eigenvalue weighted by Crippen LogP contribution is 2.38. The molecule has 0 saturated carbocycles. The minimum Gasteiger partial charge on any atom is -0.496 e. The van der Waals surface area contributed by atoms with Gasteiger partial charge >= 0.3 is 0 Å². The number of hydrogen-bond acceptors (Lipinski definition) is 6. The van der Waals surface area contributed by atoms with Crippen molar-refractivity contribution in [3.05, 3.63) is 47.0 Å². The van der Waals surface area contributed by atoms with E-state index in [-0.39, 0.29) is 69.9 Å². The summed E-state index contributed by atoms with van der Waals surface area (Å²) < 4.78 is 63.3. The summed E-state index contributed by atoms with van der Waals surface area (Å²) in [6, 6.07) is 8.27. The minimum atomic E-state index is -3.85. The average molecular weight is 493 g/mol. The molecule has 31 heavy (non-hydrogen) atoms. The summed E-state index contributed by atoms with van der Waals surface area (Å²) in [6.45, 7) is 0.962. The fourth-order valence-corrected chi connectivity index (χ4v) is 5.31. The third-order valence-electron chi connectivity index (χ3n) is 4.45. The Labute approximate surface area is 187 Å². The number of nitrogens with one attached hydrogen (secondary N) is 1. The molecule has 0 aromatic heterocycles. The van der Waals surface area contributed by atoms with E-state index in [2.05, 4.69) is 5.32 Å². The molecule has 0 bridgehead atoms. The molecule has 1 amide bonds. The molecular formula is C19H19ClF2N2O5S2. The number of rotatable bonds is 7. The van der Waals surface area contributed by atoms with Crippen molar-refractivity contribution >= 4 is 45.0 Å². The first-order chi connectivity index (χ1) is 14.7. The number of benzene rings is 2. The molecule has 168 valence electrons. The molecule has 12 heteroatoms. The van der Waals surface area contributed by atoms with Crippen LogP contribution in [-0.2, 0) is 14.8 Å². The first-order valence-electron chi connectivity index (χ1n) is 9.04. The predicted molar refractivity (Wildman–Crippen MR) is 114 cm³/mol. The normalized spacial score (nSPS) is 15.1. The van der Waals surface area contributed by atoms with E-state index in [1.807, 2.05) is 0 Å². The zero-order chi connectivity index (χ0) is 22.6. The lowest BCUT2D eigenvalue weighted by Crippen LogP contribution is -2.40. The molecule has 1 aliphatic rings. The Kier molecular flexibility index (Phi) is 7.76. The predicted octanol–water partition coefficient (Wildman–Crippen LogP) is 3.94. The Bertz CT molecular complexity index is 1060. The van der Waals surface area contributed by atoms with Crippen LogP contribution in [0.4, 0.5) is 14.5 Å². The van der Waals surface area contributed by atoms with Gasteiger partial charge in [-0.2, -0.15) is 13.1 Å². The third kappa shape index (κ3) is 5.47. The van der Waals surface area contributed by atoms with Crippen molar-refractivity contribution in [3.8, 4) is 5.75 Å². The first kappa shape index (κ1) is 23.7. The van der Waals surface area contributed by atoms with Gasteiger partial charge in [-0.15, -0.1) is 0 Å². The van der Waals surface area contributed by atoms with Crippen LogP contribution in [0.3, 0.4) is 0 Å². The van der Waals surface area contributed by atoms with E-state index in [0.29, 0.717) is 0 Å². The second-order valence-electron chi connectivity index (χ2n) is 6.33. The summed E-state index contributed by atoms with van der Waals surface area (Å²) in [5, 5.41) is 2.57. The van der Waals surface area contributed by atoms with Gasteiger partial charge in [0.05, 0.1) is 46.4 Å². The van der Waals surface area contributed by atoms with Crippen LogP contribution < -0.4 is 10.1 Å². The van der Waals surface area contributed by atoms with E-state index in [1.54, 1.807) is 0 Å². The molecule has 2 aromatic rings. The number of halogens is 3. The molecule has 1 fully saturated rings. The highest BCUT2D eigenvalue weighted by Gasteiger charge is 2.28. The molecule has 0 spiro atoms. The summed E-state index contributed by atoms with van der Waals surface area (Å²) in [5.74, 6) is -3.34. The summed E-state index contributed by atoms with van der Waals surface area (Å²) in [6.07, 6.45) is 0. The number of hydrogen-bond donors (Lipinski definition) is 1. The number of methoxy groups -OCH3 is 1. The van der Waals surface area contributed by atoms with Crippen LogP contribution in [0, 0.1) is 0 Å². The molecule has 0 aliphatic carbocycles. The average Bonchev–Trinajstić information content (AvgIpc) is 2.76. The number of anilines is 1. The second kappa shape index (κ2) is 10.1. The zero-order valence-electron chi connectivity index (χ0n) is 16.3. The Morgan fingerprint density at radius 3 is 2.61 bits per heavy atom. The van der Waals surface area contributed by atoms with E-state index in [1.165, 1.54) is 47.8 Å². The van der Waals surface area contributed by atoms with Gasteiger partial charge in [-0.3, -0.25) is 4.79 Å². The van der Waals surface area contributed by atoms with Gasteiger partial charge < -0.3 is 14.8 Å². The Balaban J connectivity index is 1.94. The Hall–Kier alpha value is -1.92. The summed E-state index contributed by atoms with van der Waals surface area (Å²) in [5.41, 5.74) is 0.0103. The van der Waals surface area contributed by atoms with Gasteiger partial charge in [0.2, 0.25) is 10.0 Å². The van der Waals surface area contributed by atoms with Gasteiger partial charge in [0.1, 0.15) is 5.75 Å². The fourth-order valence-electron chi connectivity index (χ4n) is 2.97. The zero-order valence-corrected chi connectivity index (χ0v) is 18.7. The van der Waals surface area contributed by atoms with Gasteiger partial charge in [0.25, 0.3) is 11.7 Å². The van der Waals surface area contributed by atoms with Crippen molar-refractivity contribution in [2.24, 2.45) is 0 Å². The largest absolute Gasteiger partial charge is 0.496 e. The van der Waals surface area contributed by atoms with Crippen LogP contribution in [0.5, 0.6) is 5.75 Å². The molecular weight excluding hydrogens is 474 g/mol. The summed E-state index contributed by atoms with van der Waals surface area (Å²) in [7, 11) is -2.52. The van der Waals surface area contributed by atoms with E-state index < -0.39 is 21.7 Å². The van der Waals surface area contributed by atoms with Crippen molar-refractivity contribution in [1.82, 2.24) is 4.31 Å². The maximum Gasteiger partial charge on any atom is 0.289 e. The Morgan fingerprint density at radius 1 is 1.26 bits per heavy atom. The number of ether oxygens (including phenoxy) is 2. The third-order valence-corrected chi connectivity index (χ3v) is 7.62. The molecule has 0 atom stereocenters. The lowest BCUT2D eigenvalue weighted by atomic mass is 10.2. The smallest absolute Gasteiger partial charge is 0.289 e. The van der Waals surface area contributed by atoms with Crippen molar-refractivity contribution < 1.29 is 31.5 Å². The van der Waals surface area contributed by atoms with Crippen molar-refractivity contribution in [1.29, 1.82) is 0 Å². The molecule has 0 unspecified atom stereocenters. The minimum absolute atomic E-state index is 0.00331. The van der Waals surface area contributed by atoms with E-state index in [4.69, 9.17) is 21.1 Å². The van der Waals surface area contributed by atoms with Gasteiger partial charge in [-0.25, -0.2) is 8.42 Å². The number of alkyl halides is 2. The second-order valence-corrected chi connectivity index (χ2v) is 9.67. The molecule has 1 aliphatic heterocycles. The molecule has 0 radical (unpaired) electrons. The van der Waals surface area contributed by atoms with Crippen LogP contribution in [0.15, 0.2) is 46.2 Å². The number of morpholine rings is 1. The summed E-state index contributed by atoms with van der Waals surface area (Å²) >= 11 is 6.21. The molecule has 3 rings (SSSR count). The van der Waals surface area contributed by atoms with Gasteiger partial charge in [-0.1, -0.05) is 29.4 Å². The number of sulfonamides is 1. The number of thioether (sulfide) groups is 1. The lowest BCUT2D eigenvalue weighted by Gasteiger charge is -2.26. The van der Waals surface area contributed by atoms with E-state index in [0.717, 1.165) is 0 Å². The topological polar surface area (TPSA) is 84.9 Å². The molecule has 1 N–H and O–H groups in total. The van der Waals surface area contributed by atoms with Crippen molar-refractivity contribution in [3.63, 3.8) is 0 Å². The number of amides is 1. The number of nitrogens with zero attached hydrogens (tertiary/aromatic N) is 1. The SMILES string of the molecule is COc1ccc(S(=O)(=O)N2CCOCC2)cc1C(=O)Nc1cccc(Cl)c1SC(F)F. The fraction of sp³-hybridized carbons (Fsp3) is 0.316. The van der Waals surface area contributed by atoms with E-state index >= 15 is 0 Å². The molecule has 2 aromatic carbocycles. The van der Waals surface area contributed by atoms with Crippen LogP contribution in [0.2, 0.25) is 5.02 Å². The van der Waals surface area contributed by atoms with Crippen molar-refractivity contribution in [2.45, 2.75) is 15.5 Å². The van der Waals surface area contributed by atoms with Crippen LogP contribution in [-0.4, -0.2) is 57.8 Å². The van der Waals surface area contributed by atoms with Gasteiger partial charge in [0, 0.05) is 13.1 Å². The highest BCUT2D eigenvalue weighted by molar-refractivity contribution is 7.99. The molecule has 1 heterocycles. The van der Waals surface area contributed by atoms with Crippen molar-refractivity contribution in [2.75, 3.05) is 38.7 Å². The monoisotopic (exact) mass is 492 g/mol. The number of carbonyl (C=O) groups excluding carboxylic acids is 1. The van der Waals surface area contributed by atoms with Gasteiger partial charge in [-0.05, 0) is 30.3 Å². The maximum absolute atomic E-state index is 12.9. The molecule has 7 nitrogen and oxygen atoms in total. The van der Waals surface area contributed by atoms with Gasteiger partial charge in [0.15, 0.2) is 0 Å². The first-order valence-corrected chi connectivity index (χ1v) is 11.7. The van der Waals surface area contributed by atoms with Crippen LogP contribution in [0.25, 0.3) is 0 Å². The van der Waals surface area contributed by atoms with Crippen LogP contribution in [0.1, 0.15) is 10.4 Å². The van der Waals surface area contributed by atoms with E-state index in [9.17, 15) is 22.0 Å². The Morgan fingerprint density at radius 2 is 1.97 bits per heavy atom. The molecule has 1 saturated heterocycles. The quantitative estimate of drug-likeness (QED) is 0.589. The van der Waals surface area contributed by atoms with Crippen LogP contribution >= 0.6 is 23.4 Å². The lowest BCUT2D eigenvalue weighted by molar-refractivity contribution is 0.0730. The maximum atomic E-state index is 12.9. The summed E-state index contributed by atoms with van der Waals surface area (Å²) in [4.78, 5) is 12.9. The highest BCUT2D eigenvalue weighted by atomic mass is 35.5. The number of carbonyl (C=O) groups is 1. The standard InChI is InChI=1S/C19H19ClF2N2O5S2/c1-28-16-6-5-12(31(26,27)24-7-9-29-10-8-24)11-13(16)18(25)23-15-4-2-3-14(20)17(15)30-19(21)22/h2-6,11,19H,7-10H2,1H3,(H,23,25).